The zero-order valence-electron chi connectivity index (χ0n) is 10.2. The lowest BCUT2D eigenvalue weighted by Gasteiger charge is -2.10. The SMILES string of the molecule is CCNc1ncc(F)c(NCCOCC(F)(F)F)n1. The third kappa shape index (κ3) is 6.18. The number of alkyl halides is 3. The molecule has 0 radical (unpaired) electrons. The van der Waals surface area contributed by atoms with E-state index in [4.69, 9.17) is 0 Å². The van der Waals surface area contributed by atoms with Crippen molar-refractivity contribution in [1.29, 1.82) is 0 Å². The molecule has 2 N–H and O–H groups in total. The van der Waals surface area contributed by atoms with Crippen LogP contribution in [0.2, 0.25) is 0 Å². The quantitative estimate of drug-likeness (QED) is 0.592. The molecule has 0 saturated heterocycles. The van der Waals surface area contributed by atoms with Crippen molar-refractivity contribution in [1.82, 2.24) is 9.97 Å². The highest BCUT2D eigenvalue weighted by molar-refractivity contribution is 5.40. The maximum Gasteiger partial charge on any atom is 0.411 e. The summed E-state index contributed by atoms with van der Waals surface area (Å²) in [7, 11) is 0. The van der Waals surface area contributed by atoms with Gasteiger partial charge < -0.3 is 15.4 Å². The Bertz CT molecular complexity index is 400. The van der Waals surface area contributed by atoms with Crippen molar-refractivity contribution in [2.24, 2.45) is 0 Å². The summed E-state index contributed by atoms with van der Waals surface area (Å²) in [6.45, 7) is 0.864. The van der Waals surface area contributed by atoms with Crippen molar-refractivity contribution < 1.29 is 22.3 Å². The van der Waals surface area contributed by atoms with Crippen LogP contribution in [0.5, 0.6) is 0 Å². The van der Waals surface area contributed by atoms with Crippen molar-refractivity contribution in [3.8, 4) is 0 Å². The molecule has 0 atom stereocenters. The minimum Gasteiger partial charge on any atom is -0.370 e. The van der Waals surface area contributed by atoms with E-state index in [1.807, 2.05) is 6.92 Å². The Labute approximate surface area is 107 Å². The lowest BCUT2D eigenvalue weighted by Crippen LogP contribution is -2.20. The number of hydrogen-bond donors (Lipinski definition) is 2. The van der Waals surface area contributed by atoms with E-state index in [0.717, 1.165) is 6.20 Å². The van der Waals surface area contributed by atoms with Gasteiger partial charge in [0.1, 0.15) is 6.61 Å². The molecule has 5 nitrogen and oxygen atoms in total. The fraction of sp³-hybridized carbons (Fsp3) is 0.600. The van der Waals surface area contributed by atoms with Crippen LogP contribution in [0.1, 0.15) is 6.92 Å². The van der Waals surface area contributed by atoms with Crippen LogP contribution in [-0.4, -0.2) is 42.4 Å². The third-order valence-corrected chi connectivity index (χ3v) is 1.88. The van der Waals surface area contributed by atoms with Gasteiger partial charge in [-0.1, -0.05) is 0 Å². The largest absolute Gasteiger partial charge is 0.411 e. The summed E-state index contributed by atoms with van der Waals surface area (Å²) in [4.78, 5) is 7.51. The Balaban J connectivity index is 2.38. The molecular formula is C10H14F4N4O. The zero-order valence-corrected chi connectivity index (χ0v) is 10.2. The van der Waals surface area contributed by atoms with E-state index in [1.165, 1.54) is 0 Å². The van der Waals surface area contributed by atoms with E-state index in [0.29, 0.717) is 6.54 Å². The Morgan fingerprint density at radius 3 is 2.68 bits per heavy atom. The van der Waals surface area contributed by atoms with Crippen LogP contribution in [-0.2, 0) is 4.74 Å². The van der Waals surface area contributed by atoms with Crippen LogP contribution in [0.4, 0.5) is 29.3 Å². The highest BCUT2D eigenvalue weighted by Crippen LogP contribution is 2.14. The van der Waals surface area contributed by atoms with Crippen molar-refractivity contribution in [2.75, 3.05) is 36.9 Å². The summed E-state index contributed by atoms with van der Waals surface area (Å²) < 4.78 is 53.0. The van der Waals surface area contributed by atoms with E-state index in [-0.39, 0.29) is 24.9 Å². The zero-order chi connectivity index (χ0) is 14.3. The summed E-state index contributed by atoms with van der Waals surface area (Å²) in [6, 6.07) is 0. The molecule has 0 aliphatic heterocycles. The first-order valence-corrected chi connectivity index (χ1v) is 5.57. The van der Waals surface area contributed by atoms with Gasteiger partial charge in [0, 0.05) is 13.1 Å². The fourth-order valence-corrected chi connectivity index (χ4v) is 1.16. The maximum atomic E-state index is 13.3. The number of aromatic nitrogens is 2. The molecule has 1 rings (SSSR count). The number of nitrogens with one attached hydrogen (secondary N) is 2. The monoisotopic (exact) mass is 282 g/mol. The number of rotatable bonds is 7. The molecule has 0 saturated carbocycles. The van der Waals surface area contributed by atoms with Gasteiger partial charge in [-0.05, 0) is 6.92 Å². The van der Waals surface area contributed by atoms with Crippen molar-refractivity contribution in [3.63, 3.8) is 0 Å². The predicted octanol–water partition coefficient (Wildman–Crippen LogP) is 2.04. The minimum atomic E-state index is -4.36. The fourth-order valence-electron chi connectivity index (χ4n) is 1.16. The van der Waals surface area contributed by atoms with Gasteiger partial charge in [0.05, 0.1) is 12.8 Å². The molecule has 0 unspecified atom stereocenters. The normalized spacial score (nSPS) is 11.4. The molecule has 108 valence electrons. The molecule has 1 heterocycles. The molecule has 0 fully saturated rings. The summed E-state index contributed by atoms with van der Waals surface area (Å²) in [5.41, 5.74) is 0. The van der Waals surface area contributed by atoms with Crippen LogP contribution in [0.25, 0.3) is 0 Å². The van der Waals surface area contributed by atoms with Crippen molar-refractivity contribution >= 4 is 11.8 Å². The van der Waals surface area contributed by atoms with Crippen molar-refractivity contribution in [3.05, 3.63) is 12.0 Å². The van der Waals surface area contributed by atoms with Gasteiger partial charge in [-0.3, -0.25) is 0 Å². The van der Waals surface area contributed by atoms with Gasteiger partial charge in [0.25, 0.3) is 0 Å². The van der Waals surface area contributed by atoms with Crippen LogP contribution in [0, 0.1) is 5.82 Å². The third-order valence-electron chi connectivity index (χ3n) is 1.88. The smallest absolute Gasteiger partial charge is 0.370 e. The van der Waals surface area contributed by atoms with Crippen LogP contribution >= 0.6 is 0 Å². The van der Waals surface area contributed by atoms with Gasteiger partial charge in [0.2, 0.25) is 5.95 Å². The first kappa shape index (κ1) is 15.4. The van der Waals surface area contributed by atoms with Crippen molar-refractivity contribution in [2.45, 2.75) is 13.1 Å². The molecular weight excluding hydrogens is 268 g/mol. The summed E-state index contributed by atoms with van der Waals surface area (Å²) >= 11 is 0. The summed E-state index contributed by atoms with van der Waals surface area (Å²) in [6.07, 6.45) is -3.39. The molecule has 9 heteroatoms. The van der Waals surface area contributed by atoms with Crippen LogP contribution < -0.4 is 10.6 Å². The lowest BCUT2D eigenvalue weighted by molar-refractivity contribution is -0.172. The van der Waals surface area contributed by atoms with Crippen LogP contribution in [0.3, 0.4) is 0 Å². The second-order valence-corrected chi connectivity index (χ2v) is 3.52. The van der Waals surface area contributed by atoms with Gasteiger partial charge in [-0.15, -0.1) is 0 Å². The van der Waals surface area contributed by atoms with E-state index >= 15 is 0 Å². The van der Waals surface area contributed by atoms with E-state index in [9.17, 15) is 17.6 Å². The first-order chi connectivity index (χ1) is 8.92. The Morgan fingerprint density at radius 2 is 2.05 bits per heavy atom. The molecule has 0 aliphatic rings. The van der Waals surface area contributed by atoms with Crippen LogP contribution in [0.15, 0.2) is 6.20 Å². The predicted molar refractivity (Wildman–Crippen MR) is 61.5 cm³/mol. The lowest BCUT2D eigenvalue weighted by atomic mass is 10.5. The highest BCUT2D eigenvalue weighted by Gasteiger charge is 2.27. The maximum absolute atomic E-state index is 13.3. The molecule has 1 aromatic heterocycles. The van der Waals surface area contributed by atoms with Gasteiger partial charge in [0.15, 0.2) is 11.6 Å². The number of hydrogen-bond acceptors (Lipinski definition) is 5. The van der Waals surface area contributed by atoms with Gasteiger partial charge in [-0.25, -0.2) is 9.37 Å². The molecule has 0 aliphatic carbocycles. The molecule has 0 spiro atoms. The number of ether oxygens (including phenoxy) is 1. The number of nitrogens with zero attached hydrogens (tertiary/aromatic N) is 2. The van der Waals surface area contributed by atoms with Gasteiger partial charge in [-0.2, -0.15) is 18.2 Å². The molecule has 19 heavy (non-hydrogen) atoms. The van der Waals surface area contributed by atoms with E-state index in [2.05, 4.69) is 25.3 Å². The van der Waals surface area contributed by atoms with Gasteiger partial charge >= 0.3 is 6.18 Å². The Kier molecular flexibility index (Phi) is 5.74. The Hall–Kier alpha value is -1.64. The molecule has 0 bridgehead atoms. The number of halogens is 4. The first-order valence-electron chi connectivity index (χ1n) is 5.57. The second kappa shape index (κ2) is 7.07. The summed E-state index contributed by atoms with van der Waals surface area (Å²) in [5.74, 6) is -0.526. The second-order valence-electron chi connectivity index (χ2n) is 3.52. The average Bonchev–Trinajstić information content (AvgIpc) is 2.31. The topological polar surface area (TPSA) is 59.1 Å². The standard InChI is InChI=1S/C10H14F4N4O/c1-2-15-9-17-5-7(11)8(18-9)16-3-4-19-6-10(12,13)14/h5H,2-4,6H2,1H3,(H2,15,16,17,18). The van der Waals surface area contributed by atoms with E-state index in [1.54, 1.807) is 0 Å². The Morgan fingerprint density at radius 1 is 1.32 bits per heavy atom. The number of anilines is 2. The van der Waals surface area contributed by atoms with E-state index < -0.39 is 18.6 Å². The summed E-state index contributed by atoms with van der Waals surface area (Å²) in [5, 5.41) is 5.33. The molecule has 0 amide bonds. The molecule has 1 aromatic rings. The molecule has 0 aromatic carbocycles. The highest BCUT2D eigenvalue weighted by atomic mass is 19.4. The average molecular weight is 282 g/mol. The minimum absolute atomic E-state index is 0.00950.